The van der Waals surface area contributed by atoms with Gasteiger partial charge in [0.1, 0.15) is 5.52 Å². The molecule has 2 heterocycles. The first-order chi connectivity index (χ1) is 17.4. The summed E-state index contributed by atoms with van der Waals surface area (Å²) in [4.78, 5) is 45.5. The molecule has 0 aliphatic carbocycles. The monoisotopic (exact) mass is 480 g/mol. The fourth-order valence-electron chi connectivity index (χ4n) is 4.37. The summed E-state index contributed by atoms with van der Waals surface area (Å²) in [6.45, 7) is 4.39. The average Bonchev–Trinajstić information content (AvgIpc) is 3.20. The molecule has 0 radical (unpaired) electrons. The number of amides is 1. The molecule has 180 valence electrons. The Morgan fingerprint density at radius 3 is 2.19 bits per heavy atom. The van der Waals surface area contributed by atoms with E-state index in [0.717, 1.165) is 22.2 Å². The van der Waals surface area contributed by atoms with E-state index in [2.05, 4.69) is 5.10 Å². The quantitative estimate of drug-likeness (QED) is 0.383. The number of aromatic nitrogens is 3. The second kappa shape index (κ2) is 10.2. The van der Waals surface area contributed by atoms with Crippen LogP contribution >= 0.6 is 0 Å². The van der Waals surface area contributed by atoms with Crippen LogP contribution in [-0.2, 0) is 16.6 Å². The van der Waals surface area contributed by atoms with Crippen molar-refractivity contribution in [2.75, 3.05) is 11.4 Å². The molecule has 0 spiro atoms. The minimum Gasteiger partial charge on any atom is -0.339 e. The highest BCUT2D eigenvalue weighted by molar-refractivity contribution is 6.20. The topological polar surface area (TPSA) is 94.3 Å². The van der Waals surface area contributed by atoms with Gasteiger partial charge in [-0.05, 0) is 44.2 Å². The molecule has 0 saturated carbocycles. The van der Waals surface area contributed by atoms with Crippen LogP contribution < -0.4 is 10.5 Å². The molecule has 0 aliphatic heterocycles. The van der Waals surface area contributed by atoms with Gasteiger partial charge in [0.05, 0.1) is 5.69 Å². The van der Waals surface area contributed by atoms with Gasteiger partial charge in [0, 0.05) is 35.6 Å². The van der Waals surface area contributed by atoms with E-state index in [1.165, 1.54) is 4.68 Å². The van der Waals surface area contributed by atoms with Gasteiger partial charge in [-0.3, -0.25) is 9.59 Å². The number of para-hydroxylation sites is 2. The van der Waals surface area contributed by atoms with Crippen LogP contribution in [0.15, 0.2) is 83.7 Å². The predicted molar refractivity (Wildman–Crippen MR) is 137 cm³/mol. The molecule has 3 aromatic carbocycles. The van der Waals surface area contributed by atoms with Gasteiger partial charge in [0.25, 0.3) is 11.5 Å². The summed E-state index contributed by atoms with van der Waals surface area (Å²) in [5.74, 6) is -0.245. The molecule has 0 fully saturated rings. The Balaban J connectivity index is 0.000000967. The van der Waals surface area contributed by atoms with E-state index in [4.69, 9.17) is 9.59 Å². The first-order valence-corrected chi connectivity index (χ1v) is 11.4. The number of carbonyl (C=O) groups excluding carboxylic acids is 3. The lowest BCUT2D eigenvalue weighted by Crippen LogP contribution is -2.34. The summed E-state index contributed by atoms with van der Waals surface area (Å²) in [6.07, 6.45) is 0.250. The zero-order chi connectivity index (χ0) is 25.8. The van der Waals surface area contributed by atoms with Crippen LogP contribution in [0.3, 0.4) is 0 Å². The van der Waals surface area contributed by atoms with E-state index in [1.54, 1.807) is 4.90 Å². The van der Waals surface area contributed by atoms with Gasteiger partial charge in [-0.1, -0.05) is 54.1 Å². The van der Waals surface area contributed by atoms with Gasteiger partial charge in [0.2, 0.25) is 0 Å². The van der Waals surface area contributed by atoms with Crippen LogP contribution in [0.1, 0.15) is 23.0 Å². The van der Waals surface area contributed by atoms with Crippen molar-refractivity contribution in [1.82, 2.24) is 14.3 Å². The van der Waals surface area contributed by atoms with Crippen molar-refractivity contribution < 1.29 is 14.4 Å². The third-order valence-electron chi connectivity index (χ3n) is 6.05. The lowest BCUT2D eigenvalue weighted by Gasteiger charge is -2.21. The minimum atomic E-state index is -0.258. The van der Waals surface area contributed by atoms with Gasteiger partial charge in [0.15, 0.2) is 5.69 Å². The minimum absolute atomic E-state index is 0.245. The lowest BCUT2D eigenvalue weighted by molar-refractivity contribution is -0.191. The van der Waals surface area contributed by atoms with E-state index in [0.29, 0.717) is 23.1 Å². The van der Waals surface area contributed by atoms with Crippen molar-refractivity contribution in [3.8, 4) is 5.69 Å². The summed E-state index contributed by atoms with van der Waals surface area (Å²) in [5.41, 5.74) is 3.82. The Bertz CT molecular complexity index is 1650. The molecule has 5 rings (SSSR count). The van der Waals surface area contributed by atoms with E-state index in [1.807, 2.05) is 104 Å². The normalized spacial score (nSPS) is 10.5. The van der Waals surface area contributed by atoms with Crippen molar-refractivity contribution in [3.05, 3.63) is 100 Å². The number of fused-ring (bicyclic) bond motifs is 3. The second-order valence-electron chi connectivity index (χ2n) is 8.17. The predicted octanol–water partition coefficient (Wildman–Crippen LogP) is 4.27. The molecule has 8 nitrogen and oxygen atoms in total. The number of carbonyl (C=O) groups is 1. The second-order valence-corrected chi connectivity index (χ2v) is 8.17. The van der Waals surface area contributed by atoms with Crippen molar-refractivity contribution in [2.45, 2.75) is 13.8 Å². The highest BCUT2D eigenvalue weighted by Crippen LogP contribution is 2.30. The van der Waals surface area contributed by atoms with Gasteiger partial charge < -0.3 is 9.47 Å². The Labute approximate surface area is 207 Å². The fraction of sp³-hybridized carbons (Fsp3) is 0.143. The van der Waals surface area contributed by atoms with E-state index in [9.17, 15) is 9.59 Å². The third-order valence-corrected chi connectivity index (χ3v) is 6.05. The summed E-state index contributed by atoms with van der Waals surface area (Å²) >= 11 is 0. The van der Waals surface area contributed by atoms with E-state index in [-0.39, 0.29) is 23.3 Å². The van der Waals surface area contributed by atoms with Crippen molar-refractivity contribution in [3.63, 3.8) is 0 Å². The Morgan fingerprint density at radius 1 is 0.944 bits per heavy atom. The van der Waals surface area contributed by atoms with E-state index < -0.39 is 0 Å². The molecule has 0 unspecified atom stereocenters. The van der Waals surface area contributed by atoms with Crippen molar-refractivity contribution >= 4 is 39.6 Å². The van der Waals surface area contributed by atoms with Crippen LogP contribution in [0.5, 0.6) is 0 Å². The Hall–Kier alpha value is -4.81. The lowest BCUT2D eigenvalue weighted by atomic mass is 10.1. The number of aryl methyl sites for hydroxylation is 2. The molecule has 2 aromatic heterocycles. The fourth-order valence-corrected chi connectivity index (χ4v) is 4.37. The molecule has 1 amide bonds. The zero-order valence-corrected chi connectivity index (χ0v) is 20.1. The Morgan fingerprint density at radius 2 is 1.56 bits per heavy atom. The number of benzene rings is 3. The SMILES string of the molecule is CCN(C(=O)c1nn(-c2ccc(C)cc2)c(=O)c2c1c1ccccc1n2C)c1ccccc1.O=C=O. The molecule has 0 N–H and O–H groups in total. The first-order valence-electron chi connectivity index (χ1n) is 11.4. The zero-order valence-electron chi connectivity index (χ0n) is 20.1. The van der Waals surface area contributed by atoms with E-state index >= 15 is 0 Å². The van der Waals surface area contributed by atoms with Crippen LogP contribution in [0.25, 0.3) is 27.5 Å². The maximum atomic E-state index is 13.9. The van der Waals surface area contributed by atoms with Crippen LogP contribution in [0, 0.1) is 6.92 Å². The van der Waals surface area contributed by atoms with Crippen molar-refractivity contribution in [1.29, 1.82) is 0 Å². The smallest absolute Gasteiger partial charge is 0.339 e. The largest absolute Gasteiger partial charge is 0.373 e. The highest BCUT2D eigenvalue weighted by atomic mass is 16.2. The summed E-state index contributed by atoms with van der Waals surface area (Å²) in [5, 5.41) is 6.08. The van der Waals surface area contributed by atoms with Gasteiger partial charge in [-0.2, -0.15) is 19.4 Å². The van der Waals surface area contributed by atoms with Crippen LogP contribution in [0.2, 0.25) is 0 Å². The number of nitrogens with zero attached hydrogens (tertiary/aromatic N) is 4. The maximum absolute atomic E-state index is 13.9. The molecule has 0 atom stereocenters. The number of rotatable bonds is 4. The number of anilines is 1. The highest BCUT2D eigenvalue weighted by Gasteiger charge is 2.26. The summed E-state index contributed by atoms with van der Waals surface area (Å²) in [6, 6.07) is 24.8. The van der Waals surface area contributed by atoms with Crippen LogP contribution in [0.4, 0.5) is 5.69 Å². The third kappa shape index (κ3) is 4.21. The Kier molecular flexibility index (Phi) is 6.90. The van der Waals surface area contributed by atoms with Gasteiger partial charge >= 0.3 is 6.15 Å². The number of hydrogen-bond acceptors (Lipinski definition) is 5. The molecule has 8 heteroatoms. The summed E-state index contributed by atoms with van der Waals surface area (Å²) in [7, 11) is 1.86. The van der Waals surface area contributed by atoms with Crippen LogP contribution in [-0.4, -0.2) is 33.0 Å². The molecule has 36 heavy (non-hydrogen) atoms. The molecule has 0 saturated heterocycles. The maximum Gasteiger partial charge on any atom is 0.373 e. The standard InChI is InChI=1S/C27H24N4O2.CO2/c1-4-30(19-10-6-5-7-11-19)26(32)24-23-21-12-8-9-13-22(21)29(3)25(23)27(33)31(28-24)20-16-14-18(2)15-17-20;2-1-3/h5-17H,4H2,1-3H3;. The molecular weight excluding hydrogens is 456 g/mol. The molecule has 5 aromatic rings. The van der Waals surface area contributed by atoms with Gasteiger partial charge in [-0.15, -0.1) is 0 Å². The molecule has 0 bridgehead atoms. The van der Waals surface area contributed by atoms with Crippen molar-refractivity contribution in [2.24, 2.45) is 7.05 Å². The number of hydrogen-bond donors (Lipinski definition) is 0. The molecular formula is C28H24N4O4. The summed E-state index contributed by atoms with van der Waals surface area (Å²) < 4.78 is 3.20. The average molecular weight is 481 g/mol. The first kappa shape index (κ1) is 24.3. The molecule has 0 aliphatic rings. The van der Waals surface area contributed by atoms with Gasteiger partial charge in [-0.25, -0.2) is 0 Å².